The molecule has 0 saturated heterocycles. The van der Waals surface area contributed by atoms with E-state index in [4.69, 9.17) is 5.11 Å². The quantitative estimate of drug-likeness (QED) is 0.818. The highest BCUT2D eigenvalue weighted by Gasteiger charge is 2.10. The molecule has 2 aromatic heterocycles. The van der Waals surface area contributed by atoms with Gasteiger partial charge in [0.15, 0.2) is 5.82 Å². The van der Waals surface area contributed by atoms with Crippen LogP contribution in [0, 0.1) is 0 Å². The molecule has 2 heterocycles. The Hall–Kier alpha value is -2.44. The number of rotatable bonds is 5. The third kappa shape index (κ3) is 2.45. The van der Waals surface area contributed by atoms with E-state index >= 15 is 0 Å². The Balaban J connectivity index is 2.13. The van der Waals surface area contributed by atoms with Crippen molar-refractivity contribution in [3.63, 3.8) is 0 Å². The first kappa shape index (κ1) is 12.0. The molecule has 0 spiro atoms. The molecule has 0 bridgehead atoms. The number of carbonyl (C=O) groups is 1. The molecule has 0 saturated carbocycles. The van der Waals surface area contributed by atoms with Crippen molar-refractivity contribution in [3.05, 3.63) is 36.2 Å². The number of aromatic nitrogens is 4. The first-order chi connectivity index (χ1) is 8.72. The van der Waals surface area contributed by atoms with Gasteiger partial charge < -0.3 is 15.0 Å². The lowest BCUT2D eigenvalue weighted by molar-refractivity contribution is 0.0697. The van der Waals surface area contributed by atoms with Gasteiger partial charge in [0.1, 0.15) is 11.9 Å². The Morgan fingerprint density at radius 3 is 3.11 bits per heavy atom. The number of carboxylic acids is 1. The number of aromatic carboxylic acids is 1. The molecule has 7 heteroatoms. The molecule has 0 aromatic carbocycles. The Morgan fingerprint density at radius 1 is 1.56 bits per heavy atom. The van der Waals surface area contributed by atoms with E-state index in [-0.39, 0.29) is 5.56 Å². The average Bonchev–Trinajstić information content (AvgIpc) is 2.84. The van der Waals surface area contributed by atoms with Crippen LogP contribution in [0.25, 0.3) is 0 Å². The molecule has 2 N–H and O–H groups in total. The van der Waals surface area contributed by atoms with Crippen molar-refractivity contribution in [2.75, 3.05) is 5.32 Å². The predicted molar refractivity (Wildman–Crippen MR) is 64.2 cm³/mol. The molecule has 0 aliphatic rings. The maximum atomic E-state index is 11.0. The van der Waals surface area contributed by atoms with Gasteiger partial charge in [-0.15, -0.1) is 10.2 Å². The van der Waals surface area contributed by atoms with E-state index in [1.807, 2.05) is 11.5 Å². The lowest BCUT2D eigenvalue weighted by Gasteiger charge is -2.09. The van der Waals surface area contributed by atoms with E-state index in [0.717, 1.165) is 12.4 Å². The fraction of sp³-hybridized carbons (Fsp3) is 0.273. The molecule has 0 atom stereocenters. The molecular formula is C11H13N5O2. The maximum Gasteiger partial charge on any atom is 0.339 e. The Morgan fingerprint density at radius 2 is 2.39 bits per heavy atom. The second-order valence-corrected chi connectivity index (χ2v) is 3.61. The minimum atomic E-state index is -1.01. The summed E-state index contributed by atoms with van der Waals surface area (Å²) >= 11 is 0. The van der Waals surface area contributed by atoms with Crippen molar-refractivity contribution >= 4 is 11.7 Å². The van der Waals surface area contributed by atoms with Crippen LogP contribution in [0.3, 0.4) is 0 Å². The maximum absolute atomic E-state index is 11.0. The highest BCUT2D eigenvalue weighted by molar-refractivity contribution is 5.93. The van der Waals surface area contributed by atoms with Crippen LogP contribution in [0.4, 0.5) is 5.69 Å². The molecule has 18 heavy (non-hydrogen) atoms. The van der Waals surface area contributed by atoms with Gasteiger partial charge in [-0.2, -0.15) is 0 Å². The van der Waals surface area contributed by atoms with Gasteiger partial charge in [-0.3, -0.25) is 4.98 Å². The number of hydrogen-bond acceptors (Lipinski definition) is 5. The monoisotopic (exact) mass is 247 g/mol. The van der Waals surface area contributed by atoms with E-state index in [1.54, 1.807) is 18.6 Å². The summed E-state index contributed by atoms with van der Waals surface area (Å²) in [7, 11) is 0. The molecule has 2 rings (SSSR count). The first-order valence-corrected chi connectivity index (χ1v) is 5.50. The number of nitrogens with one attached hydrogen (secondary N) is 1. The van der Waals surface area contributed by atoms with Gasteiger partial charge in [0.2, 0.25) is 0 Å². The molecule has 0 fully saturated rings. The molecule has 2 aromatic rings. The SMILES string of the molecule is CCn1cnnc1CNc1ccncc1C(=O)O. The topological polar surface area (TPSA) is 92.9 Å². The zero-order valence-electron chi connectivity index (χ0n) is 9.87. The van der Waals surface area contributed by atoms with E-state index < -0.39 is 5.97 Å². The largest absolute Gasteiger partial charge is 0.478 e. The van der Waals surface area contributed by atoms with Gasteiger partial charge in [-0.05, 0) is 13.0 Å². The lowest BCUT2D eigenvalue weighted by Crippen LogP contribution is -2.10. The molecule has 94 valence electrons. The van der Waals surface area contributed by atoms with E-state index in [2.05, 4.69) is 20.5 Å². The lowest BCUT2D eigenvalue weighted by atomic mass is 10.2. The Bertz CT molecular complexity index is 552. The zero-order valence-corrected chi connectivity index (χ0v) is 9.87. The van der Waals surface area contributed by atoms with Gasteiger partial charge in [0.05, 0.1) is 12.2 Å². The zero-order chi connectivity index (χ0) is 13.0. The minimum absolute atomic E-state index is 0.139. The van der Waals surface area contributed by atoms with Gasteiger partial charge in [-0.1, -0.05) is 0 Å². The second-order valence-electron chi connectivity index (χ2n) is 3.61. The molecule has 0 unspecified atom stereocenters. The summed E-state index contributed by atoms with van der Waals surface area (Å²) in [6, 6.07) is 1.62. The number of carboxylic acid groups (broad SMARTS) is 1. The van der Waals surface area contributed by atoms with Crippen LogP contribution in [0.5, 0.6) is 0 Å². The van der Waals surface area contributed by atoms with Crippen LogP contribution < -0.4 is 5.32 Å². The van der Waals surface area contributed by atoms with Gasteiger partial charge in [0.25, 0.3) is 0 Å². The van der Waals surface area contributed by atoms with Crippen LogP contribution in [-0.2, 0) is 13.1 Å². The van der Waals surface area contributed by atoms with Gasteiger partial charge in [0, 0.05) is 18.9 Å². The van der Waals surface area contributed by atoms with Crippen LogP contribution in [-0.4, -0.2) is 30.8 Å². The summed E-state index contributed by atoms with van der Waals surface area (Å²) in [5, 5.41) is 19.8. The summed E-state index contributed by atoms with van der Waals surface area (Å²) in [6.45, 7) is 3.17. The second kappa shape index (κ2) is 5.26. The average molecular weight is 247 g/mol. The first-order valence-electron chi connectivity index (χ1n) is 5.50. The Labute approximate surface area is 104 Å². The normalized spacial score (nSPS) is 10.3. The van der Waals surface area contributed by atoms with Crippen molar-refractivity contribution in [1.82, 2.24) is 19.7 Å². The number of pyridine rings is 1. The van der Waals surface area contributed by atoms with Gasteiger partial charge in [-0.25, -0.2) is 4.79 Å². The molecular weight excluding hydrogens is 234 g/mol. The van der Waals surface area contributed by atoms with Crippen LogP contribution in [0.15, 0.2) is 24.8 Å². The third-order valence-electron chi connectivity index (χ3n) is 2.52. The number of hydrogen-bond donors (Lipinski definition) is 2. The van der Waals surface area contributed by atoms with Crippen molar-refractivity contribution < 1.29 is 9.90 Å². The summed E-state index contributed by atoms with van der Waals surface area (Å²) in [6.07, 6.45) is 4.50. The molecule has 7 nitrogen and oxygen atoms in total. The smallest absolute Gasteiger partial charge is 0.339 e. The van der Waals surface area contributed by atoms with E-state index in [0.29, 0.717) is 12.2 Å². The summed E-state index contributed by atoms with van der Waals surface area (Å²) in [4.78, 5) is 14.8. The highest BCUT2D eigenvalue weighted by Crippen LogP contribution is 2.14. The Kier molecular flexibility index (Phi) is 3.52. The predicted octanol–water partition coefficient (Wildman–Crippen LogP) is 1.00. The number of anilines is 1. The molecule has 0 aliphatic heterocycles. The number of nitrogens with zero attached hydrogens (tertiary/aromatic N) is 4. The van der Waals surface area contributed by atoms with Crippen molar-refractivity contribution in [1.29, 1.82) is 0 Å². The number of aryl methyl sites for hydroxylation is 1. The van der Waals surface area contributed by atoms with E-state index in [9.17, 15) is 4.79 Å². The standard InChI is InChI=1S/C11H13N5O2/c1-2-16-7-14-15-10(16)6-13-9-3-4-12-5-8(9)11(17)18/h3-5,7H,2,6H2,1H3,(H,12,13)(H,17,18). The van der Waals surface area contributed by atoms with Crippen molar-refractivity contribution in [3.8, 4) is 0 Å². The molecule has 0 amide bonds. The molecule has 0 aliphatic carbocycles. The minimum Gasteiger partial charge on any atom is -0.478 e. The van der Waals surface area contributed by atoms with E-state index in [1.165, 1.54) is 6.20 Å². The van der Waals surface area contributed by atoms with Crippen molar-refractivity contribution in [2.45, 2.75) is 20.0 Å². The fourth-order valence-electron chi connectivity index (χ4n) is 1.57. The summed E-state index contributed by atoms with van der Waals surface area (Å²) in [5.41, 5.74) is 0.656. The van der Waals surface area contributed by atoms with Crippen LogP contribution in [0.1, 0.15) is 23.1 Å². The fourth-order valence-corrected chi connectivity index (χ4v) is 1.57. The highest BCUT2D eigenvalue weighted by atomic mass is 16.4. The summed E-state index contributed by atoms with van der Waals surface area (Å²) in [5.74, 6) is -0.256. The van der Waals surface area contributed by atoms with Crippen LogP contribution in [0.2, 0.25) is 0 Å². The van der Waals surface area contributed by atoms with Gasteiger partial charge >= 0.3 is 5.97 Å². The summed E-state index contributed by atoms with van der Waals surface area (Å²) < 4.78 is 1.88. The molecule has 0 radical (unpaired) electrons. The van der Waals surface area contributed by atoms with Crippen LogP contribution >= 0.6 is 0 Å². The van der Waals surface area contributed by atoms with Crippen molar-refractivity contribution in [2.24, 2.45) is 0 Å². The third-order valence-corrected chi connectivity index (χ3v) is 2.52.